The van der Waals surface area contributed by atoms with E-state index in [-0.39, 0.29) is 18.0 Å². The first-order valence-corrected chi connectivity index (χ1v) is 15.1. The summed E-state index contributed by atoms with van der Waals surface area (Å²) in [6.45, 7) is 7.19. The smallest absolute Gasteiger partial charge is 0.459 e. The van der Waals surface area contributed by atoms with Crippen LogP contribution in [-0.2, 0) is 23.4 Å². The molecule has 14 heteroatoms. The molecule has 2 heterocycles. The van der Waals surface area contributed by atoms with Gasteiger partial charge in [-0.05, 0) is 69.5 Å². The first-order chi connectivity index (χ1) is 20.2. The second-order valence-electron chi connectivity index (χ2n) is 10.8. The predicted octanol–water partition coefficient (Wildman–Crippen LogP) is 4.80. The molecule has 2 N–H and O–H groups in total. The summed E-state index contributed by atoms with van der Waals surface area (Å²) in [5.74, 6) is -0.949. The standard InChI is InChI=1S/C29H34F2N3O8P/c1-17(2)40-26(36)19(4)33-43(38,42-22-10-8-20(9-11-22)21-7-6-18(3)24(30)14-21)39-16-23-15-29(5,31)27(41-23)34-13-12-25(35)32-28(34)37/h6-14,17,19,23,27H,15-16H2,1-5H3,(H,33,38)(H,32,35,37). The van der Waals surface area contributed by atoms with Gasteiger partial charge in [0.1, 0.15) is 17.6 Å². The highest BCUT2D eigenvalue weighted by Crippen LogP contribution is 2.47. The van der Waals surface area contributed by atoms with Crippen molar-refractivity contribution in [2.75, 3.05) is 6.61 Å². The first kappa shape index (κ1) is 32.3. The number of H-pyrrole nitrogens is 1. The van der Waals surface area contributed by atoms with Crippen molar-refractivity contribution in [2.45, 2.75) is 71.2 Å². The molecule has 0 spiro atoms. The summed E-state index contributed by atoms with van der Waals surface area (Å²) in [6, 6.07) is 11.1. The van der Waals surface area contributed by atoms with E-state index in [1.807, 2.05) is 0 Å². The van der Waals surface area contributed by atoms with E-state index in [4.69, 9.17) is 18.5 Å². The van der Waals surface area contributed by atoms with Crippen LogP contribution in [-0.4, -0.2) is 46.0 Å². The van der Waals surface area contributed by atoms with E-state index >= 15 is 4.39 Å². The first-order valence-electron chi connectivity index (χ1n) is 13.6. The summed E-state index contributed by atoms with van der Waals surface area (Å²) >= 11 is 0. The Bertz CT molecular complexity index is 1620. The number of nitrogens with one attached hydrogen (secondary N) is 2. The monoisotopic (exact) mass is 621 g/mol. The number of halogens is 2. The lowest BCUT2D eigenvalue weighted by atomic mass is 10.0. The van der Waals surface area contributed by atoms with Crippen molar-refractivity contribution in [3.63, 3.8) is 0 Å². The van der Waals surface area contributed by atoms with Gasteiger partial charge in [0.25, 0.3) is 5.56 Å². The molecule has 1 fully saturated rings. The Morgan fingerprint density at radius 1 is 1.16 bits per heavy atom. The van der Waals surface area contributed by atoms with Crippen molar-refractivity contribution >= 4 is 13.7 Å². The molecule has 0 aliphatic carbocycles. The van der Waals surface area contributed by atoms with Gasteiger partial charge in [0.05, 0.1) is 18.8 Å². The number of nitrogens with zero attached hydrogens (tertiary/aromatic N) is 1. The molecular formula is C29H34F2N3O8P. The van der Waals surface area contributed by atoms with Crippen LogP contribution in [0.4, 0.5) is 8.78 Å². The molecule has 5 unspecified atom stereocenters. The summed E-state index contributed by atoms with van der Waals surface area (Å²) in [7, 11) is -4.33. The minimum absolute atomic E-state index is 0.108. The summed E-state index contributed by atoms with van der Waals surface area (Å²) in [5.41, 5.74) is -1.74. The lowest BCUT2D eigenvalue weighted by Gasteiger charge is -2.24. The van der Waals surface area contributed by atoms with Gasteiger partial charge in [-0.2, -0.15) is 5.09 Å². The molecule has 1 aromatic heterocycles. The molecule has 2 aromatic carbocycles. The van der Waals surface area contributed by atoms with Gasteiger partial charge in [-0.3, -0.25) is 23.7 Å². The second-order valence-corrected chi connectivity index (χ2v) is 12.5. The molecule has 1 saturated heterocycles. The van der Waals surface area contributed by atoms with Gasteiger partial charge >= 0.3 is 19.4 Å². The van der Waals surface area contributed by atoms with Crippen LogP contribution in [0, 0.1) is 12.7 Å². The van der Waals surface area contributed by atoms with E-state index in [2.05, 4.69) is 10.1 Å². The highest BCUT2D eigenvalue weighted by Gasteiger charge is 2.48. The van der Waals surface area contributed by atoms with E-state index in [9.17, 15) is 23.3 Å². The number of hydrogen-bond acceptors (Lipinski definition) is 8. The lowest BCUT2D eigenvalue weighted by molar-refractivity contribution is -0.149. The minimum atomic E-state index is -4.33. The third kappa shape index (κ3) is 8.05. The van der Waals surface area contributed by atoms with Crippen LogP contribution in [0.2, 0.25) is 0 Å². The van der Waals surface area contributed by atoms with Crippen molar-refractivity contribution in [2.24, 2.45) is 0 Å². The molecule has 0 amide bonds. The minimum Gasteiger partial charge on any atom is -0.462 e. The average Bonchev–Trinajstić information content (AvgIpc) is 3.23. The molecular weight excluding hydrogens is 587 g/mol. The zero-order valence-corrected chi connectivity index (χ0v) is 25.2. The maximum atomic E-state index is 15.5. The Kier molecular flexibility index (Phi) is 9.70. The molecule has 0 saturated carbocycles. The number of carbonyl (C=O) groups is 1. The molecule has 43 heavy (non-hydrogen) atoms. The van der Waals surface area contributed by atoms with Crippen LogP contribution in [0.25, 0.3) is 11.1 Å². The second kappa shape index (κ2) is 12.9. The third-order valence-electron chi connectivity index (χ3n) is 6.64. The number of hydrogen-bond donors (Lipinski definition) is 2. The molecule has 0 radical (unpaired) electrons. The molecule has 1 aliphatic heterocycles. The van der Waals surface area contributed by atoms with E-state index < -0.39 is 61.7 Å². The Labute approximate surface area is 246 Å². The fourth-order valence-corrected chi connectivity index (χ4v) is 6.02. The maximum absolute atomic E-state index is 15.5. The van der Waals surface area contributed by atoms with E-state index in [0.29, 0.717) is 16.7 Å². The number of ether oxygens (including phenoxy) is 2. The zero-order chi connectivity index (χ0) is 31.5. The van der Waals surface area contributed by atoms with E-state index in [1.54, 1.807) is 45.0 Å². The summed E-state index contributed by atoms with van der Waals surface area (Å²) < 4.78 is 66.7. The van der Waals surface area contributed by atoms with Gasteiger partial charge in [-0.25, -0.2) is 18.1 Å². The Morgan fingerprint density at radius 2 is 1.84 bits per heavy atom. The number of rotatable bonds is 11. The van der Waals surface area contributed by atoms with Crippen LogP contribution < -0.4 is 20.9 Å². The van der Waals surface area contributed by atoms with Crippen molar-refractivity contribution in [1.29, 1.82) is 0 Å². The zero-order valence-electron chi connectivity index (χ0n) is 24.3. The Hall–Kier alpha value is -3.64. The number of alkyl halides is 1. The number of aromatic nitrogens is 2. The Balaban J connectivity index is 1.52. The van der Waals surface area contributed by atoms with Gasteiger partial charge in [0, 0.05) is 18.7 Å². The van der Waals surface area contributed by atoms with Crippen molar-refractivity contribution < 1.29 is 36.7 Å². The summed E-state index contributed by atoms with van der Waals surface area (Å²) in [6.07, 6.45) is -1.92. The molecule has 5 atom stereocenters. The van der Waals surface area contributed by atoms with Crippen LogP contribution in [0.1, 0.15) is 45.9 Å². The summed E-state index contributed by atoms with van der Waals surface area (Å²) in [5, 5.41) is 2.55. The highest BCUT2D eigenvalue weighted by molar-refractivity contribution is 7.52. The normalized spacial score (nSPS) is 22.2. The highest BCUT2D eigenvalue weighted by atomic mass is 31.2. The number of benzene rings is 2. The summed E-state index contributed by atoms with van der Waals surface area (Å²) in [4.78, 5) is 38.2. The van der Waals surface area contributed by atoms with Crippen molar-refractivity contribution in [1.82, 2.24) is 14.6 Å². The van der Waals surface area contributed by atoms with Crippen molar-refractivity contribution in [3.8, 4) is 16.9 Å². The SMILES string of the molecule is Cc1ccc(-c2ccc(OP(=O)(NC(C)C(=O)OC(C)C)OCC3CC(C)(F)C(n4ccc(=O)[nH]c4=O)O3)cc2)cc1F. The molecule has 232 valence electrons. The Morgan fingerprint density at radius 3 is 2.47 bits per heavy atom. The van der Waals surface area contributed by atoms with Gasteiger partial charge < -0.3 is 14.0 Å². The third-order valence-corrected chi connectivity index (χ3v) is 8.28. The number of carbonyl (C=O) groups excluding carboxylic acids is 1. The molecule has 3 aromatic rings. The maximum Gasteiger partial charge on any atom is 0.459 e. The molecule has 11 nitrogen and oxygen atoms in total. The van der Waals surface area contributed by atoms with Crippen LogP contribution >= 0.6 is 7.75 Å². The van der Waals surface area contributed by atoms with Gasteiger partial charge in [0.2, 0.25) is 0 Å². The van der Waals surface area contributed by atoms with Gasteiger partial charge in [-0.1, -0.05) is 24.3 Å². The van der Waals surface area contributed by atoms with E-state index in [0.717, 1.165) is 16.8 Å². The average molecular weight is 622 g/mol. The molecule has 4 rings (SSSR count). The quantitative estimate of drug-likeness (QED) is 0.228. The fourth-order valence-electron chi connectivity index (χ4n) is 4.50. The fraction of sp³-hybridized carbons (Fsp3) is 0.414. The number of esters is 1. The molecule has 0 bridgehead atoms. The number of aromatic amines is 1. The van der Waals surface area contributed by atoms with Crippen molar-refractivity contribution in [3.05, 3.63) is 86.9 Å². The molecule has 1 aliphatic rings. The van der Waals surface area contributed by atoms with Crippen LogP contribution in [0.15, 0.2) is 64.3 Å². The van der Waals surface area contributed by atoms with Gasteiger partial charge in [-0.15, -0.1) is 0 Å². The van der Waals surface area contributed by atoms with E-state index in [1.165, 1.54) is 32.0 Å². The topological polar surface area (TPSA) is 138 Å². The predicted molar refractivity (Wildman–Crippen MR) is 154 cm³/mol. The van der Waals surface area contributed by atoms with Crippen LogP contribution in [0.5, 0.6) is 5.75 Å². The number of aryl methyl sites for hydroxylation is 1. The van der Waals surface area contributed by atoms with Crippen LogP contribution in [0.3, 0.4) is 0 Å². The largest absolute Gasteiger partial charge is 0.462 e. The van der Waals surface area contributed by atoms with Gasteiger partial charge in [0.15, 0.2) is 11.9 Å². The lowest BCUT2D eigenvalue weighted by Crippen LogP contribution is -2.38.